The van der Waals surface area contributed by atoms with Gasteiger partial charge in [0.2, 0.25) is 0 Å². The molecule has 1 aromatic rings. The molecule has 0 radical (unpaired) electrons. The highest BCUT2D eigenvalue weighted by atomic mass is 16.5. The Morgan fingerprint density at radius 1 is 1.42 bits per heavy atom. The van der Waals surface area contributed by atoms with Gasteiger partial charge in [-0.3, -0.25) is 9.59 Å². The van der Waals surface area contributed by atoms with Crippen LogP contribution in [0.2, 0.25) is 0 Å². The molecule has 0 aliphatic carbocycles. The van der Waals surface area contributed by atoms with Crippen molar-refractivity contribution in [1.29, 1.82) is 0 Å². The number of fused-ring (bicyclic) bond motifs is 1. The molecule has 19 heavy (non-hydrogen) atoms. The van der Waals surface area contributed by atoms with Crippen molar-refractivity contribution >= 4 is 11.9 Å². The molecule has 5 nitrogen and oxygen atoms in total. The largest absolute Gasteiger partial charge is 0.480 e. The molecule has 1 unspecified atom stereocenters. The number of para-hydroxylation sites is 1. The monoisotopic (exact) mass is 263 g/mol. The minimum atomic E-state index is -1.00. The topological polar surface area (TPSA) is 66.8 Å². The summed E-state index contributed by atoms with van der Waals surface area (Å²) < 4.78 is 5.59. The summed E-state index contributed by atoms with van der Waals surface area (Å²) in [5.74, 6) is -0.537. The first-order valence-corrected chi connectivity index (χ1v) is 6.37. The molecule has 0 bridgehead atoms. The first kappa shape index (κ1) is 13.4. The molecule has 1 aliphatic heterocycles. The van der Waals surface area contributed by atoms with Crippen LogP contribution in [0.25, 0.3) is 0 Å². The van der Waals surface area contributed by atoms with Crippen molar-refractivity contribution in [1.82, 2.24) is 4.90 Å². The SMILES string of the molecule is CCCN(CC(=O)O)C(=O)C1Cc2ccccc2O1. The number of rotatable bonds is 5. The minimum Gasteiger partial charge on any atom is -0.480 e. The molecule has 1 N–H and O–H groups in total. The number of carbonyl (C=O) groups is 2. The van der Waals surface area contributed by atoms with E-state index in [0.717, 1.165) is 12.0 Å². The Kier molecular flexibility index (Phi) is 4.04. The Labute approximate surface area is 111 Å². The second-order valence-electron chi connectivity index (χ2n) is 4.57. The quantitative estimate of drug-likeness (QED) is 0.870. The van der Waals surface area contributed by atoms with Gasteiger partial charge in [0.1, 0.15) is 12.3 Å². The molecule has 0 saturated carbocycles. The summed E-state index contributed by atoms with van der Waals surface area (Å²) in [6, 6.07) is 7.50. The minimum absolute atomic E-state index is 0.250. The zero-order chi connectivity index (χ0) is 13.8. The number of nitrogens with zero attached hydrogens (tertiary/aromatic N) is 1. The third-order valence-electron chi connectivity index (χ3n) is 3.05. The summed E-state index contributed by atoms with van der Waals surface area (Å²) in [7, 11) is 0. The summed E-state index contributed by atoms with van der Waals surface area (Å²) in [4.78, 5) is 24.4. The van der Waals surface area contributed by atoms with Crippen LogP contribution in [0.4, 0.5) is 0 Å². The smallest absolute Gasteiger partial charge is 0.323 e. The fourth-order valence-corrected chi connectivity index (χ4v) is 2.22. The normalized spacial score (nSPS) is 16.6. The van der Waals surface area contributed by atoms with Gasteiger partial charge in [0.15, 0.2) is 6.10 Å². The number of carbonyl (C=O) groups excluding carboxylic acids is 1. The van der Waals surface area contributed by atoms with Gasteiger partial charge in [0, 0.05) is 13.0 Å². The second kappa shape index (κ2) is 5.73. The van der Waals surface area contributed by atoms with Crippen LogP contribution in [0.3, 0.4) is 0 Å². The lowest BCUT2D eigenvalue weighted by Gasteiger charge is -2.23. The van der Waals surface area contributed by atoms with Gasteiger partial charge >= 0.3 is 5.97 Å². The van der Waals surface area contributed by atoms with Gasteiger partial charge in [-0.1, -0.05) is 25.1 Å². The van der Waals surface area contributed by atoms with Crippen LogP contribution >= 0.6 is 0 Å². The van der Waals surface area contributed by atoms with Gasteiger partial charge in [-0.15, -0.1) is 0 Å². The van der Waals surface area contributed by atoms with Crippen molar-refractivity contribution in [3.05, 3.63) is 29.8 Å². The van der Waals surface area contributed by atoms with E-state index in [-0.39, 0.29) is 12.5 Å². The Bertz CT molecular complexity index is 461. The zero-order valence-corrected chi connectivity index (χ0v) is 10.8. The van der Waals surface area contributed by atoms with Crippen LogP contribution in [0.15, 0.2) is 24.3 Å². The lowest BCUT2D eigenvalue weighted by atomic mass is 10.1. The maximum atomic E-state index is 12.3. The number of ether oxygens (including phenoxy) is 1. The van der Waals surface area contributed by atoms with E-state index in [2.05, 4.69) is 0 Å². The Hall–Kier alpha value is -2.04. The Morgan fingerprint density at radius 3 is 2.79 bits per heavy atom. The molecular formula is C14H17NO4. The van der Waals surface area contributed by atoms with E-state index in [1.807, 2.05) is 31.2 Å². The van der Waals surface area contributed by atoms with Gasteiger partial charge in [0.05, 0.1) is 0 Å². The molecule has 0 fully saturated rings. The third-order valence-corrected chi connectivity index (χ3v) is 3.05. The average Bonchev–Trinajstić information content (AvgIpc) is 2.80. The van der Waals surface area contributed by atoms with Crippen LogP contribution in [-0.4, -0.2) is 41.1 Å². The lowest BCUT2D eigenvalue weighted by molar-refractivity contribution is -0.147. The third kappa shape index (κ3) is 3.05. The van der Waals surface area contributed by atoms with E-state index < -0.39 is 12.1 Å². The zero-order valence-electron chi connectivity index (χ0n) is 10.8. The average molecular weight is 263 g/mol. The number of hydrogen-bond donors (Lipinski definition) is 1. The predicted molar refractivity (Wildman–Crippen MR) is 69.1 cm³/mol. The van der Waals surface area contributed by atoms with Crippen molar-refractivity contribution in [3.63, 3.8) is 0 Å². The molecule has 0 saturated heterocycles. The maximum absolute atomic E-state index is 12.3. The number of benzene rings is 1. The standard InChI is InChI=1S/C14H17NO4/c1-2-7-15(9-13(16)17)14(18)12-8-10-5-3-4-6-11(10)19-12/h3-6,12H,2,7-9H2,1H3,(H,16,17). The molecule has 0 aromatic heterocycles. The molecule has 102 valence electrons. The van der Waals surface area contributed by atoms with E-state index in [9.17, 15) is 9.59 Å². The van der Waals surface area contributed by atoms with Crippen molar-refractivity contribution < 1.29 is 19.4 Å². The van der Waals surface area contributed by atoms with Crippen LogP contribution in [0.1, 0.15) is 18.9 Å². The first-order valence-electron chi connectivity index (χ1n) is 6.37. The van der Waals surface area contributed by atoms with Gasteiger partial charge in [-0.25, -0.2) is 0 Å². The lowest BCUT2D eigenvalue weighted by Crippen LogP contribution is -2.44. The van der Waals surface area contributed by atoms with Crippen LogP contribution < -0.4 is 4.74 Å². The Morgan fingerprint density at radius 2 is 2.16 bits per heavy atom. The molecule has 1 aliphatic rings. The van der Waals surface area contributed by atoms with Gasteiger partial charge in [-0.05, 0) is 18.1 Å². The van der Waals surface area contributed by atoms with Gasteiger partial charge in [-0.2, -0.15) is 0 Å². The van der Waals surface area contributed by atoms with E-state index >= 15 is 0 Å². The summed E-state index contributed by atoms with van der Waals surface area (Å²) >= 11 is 0. The molecule has 5 heteroatoms. The van der Waals surface area contributed by atoms with Crippen molar-refractivity contribution in [2.45, 2.75) is 25.9 Å². The van der Waals surface area contributed by atoms with Crippen molar-refractivity contribution in [3.8, 4) is 5.75 Å². The van der Waals surface area contributed by atoms with E-state index in [1.54, 1.807) is 0 Å². The van der Waals surface area contributed by atoms with Gasteiger partial charge in [0.25, 0.3) is 5.91 Å². The fourth-order valence-electron chi connectivity index (χ4n) is 2.22. The summed E-state index contributed by atoms with van der Waals surface area (Å²) in [5, 5.41) is 8.84. The highest BCUT2D eigenvalue weighted by molar-refractivity contribution is 5.85. The van der Waals surface area contributed by atoms with E-state index in [1.165, 1.54) is 4.90 Å². The number of aliphatic carboxylic acids is 1. The van der Waals surface area contributed by atoms with Crippen molar-refractivity contribution in [2.24, 2.45) is 0 Å². The van der Waals surface area contributed by atoms with Crippen molar-refractivity contribution in [2.75, 3.05) is 13.1 Å². The second-order valence-corrected chi connectivity index (χ2v) is 4.57. The Balaban J connectivity index is 2.06. The summed E-state index contributed by atoms with van der Waals surface area (Å²) in [5.41, 5.74) is 0.993. The van der Waals surface area contributed by atoms with Crippen LogP contribution in [-0.2, 0) is 16.0 Å². The number of amides is 1. The molecule has 2 rings (SSSR count). The summed E-state index contributed by atoms with van der Waals surface area (Å²) in [6.45, 7) is 2.07. The van der Waals surface area contributed by atoms with Crippen LogP contribution in [0, 0.1) is 0 Å². The predicted octanol–water partition coefficient (Wildman–Crippen LogP) is 1.31. The summed E-state index contributed by atoms with van der Waals surface area (Å²) in [6.07, 6.45) is 0.636. The molecule has 1 amide bonds. The number of carboxylic acid groups (broad SMARTS) is 1. The first-order chi connectivity index (χ1) is 9.11. The fraction of sp³-hybridized carbons (Fsp3) is 0.429. The van der Waals surface area contributed by atoms with E-state index in [0.29, 0.717) is 18.7 Å². The van der Waals surface area contributed by atoms with E-state index in [4.69, 9.17) is 9.84 Å². The number of hydrogen-bond acceptors (Lipinski definition) is 3. The molecule has 1 aromatic carbocycles. The molecule has 1 heterocycles. The molecular weight excluding hydrogens is 246 g/mol. The highest BCUT2D eigenvalue weighted by Crippen LogP contribution is 2.28. The maximum Gasteiger partial charge on any atom is 0.323 e. The molecule has 0 spiro atoms. The highest BCUT2D eigenvalue weighted by Gasteiger charge is 2.32. The van der Waals surface area contributed by atoms with Gasteiger partial charge < -0.3 is 14.7 Å². The number of carboxylic acids is 1. The molecule has 1 atom stereocenters. The van der Waals surface area contributed by atoms with Crippen LogP contribution in [0.5, 0.6) is 5.75 Å².